The smallest absolute Gasteiger partial charge is 0.263 e. The molecule has 5 heteroatoms. The normalized spacial score (nSPS) is 11.9. The summed E-state index contributed by atoms with van der Waals surface area (Å²) in [5.41, 5.74) is 3.18. The summed E-state index contributed by atoms with van der Waals surface area (Å²) >= 11 is 0. The van der Waals surface area contributed by atoms with E-state index in [4.69, 9.17) is 10.7 Å². The van der Waals surface area contributed by atoms with Gasteiger partial charge in [-0.15, -0.1) is 0 Å². The molecule has 21 heavy (non-hydrogen) atoms. The number of rotatable bonds is 3. The second kappa shape index (κ2) is 5.20. The topological polar surface area (TPSA) is 39.1 Å². The summed E-state index contributed by atoms with van der Waals surface area (Å²) in [4.78, 5) is 0.161. The van der Waals surface area contributed by atoms with Gasteiger partial charge in [0.1, 0.15) is 4.90 Å². The Morgan fingerprint density at radius 3 is 2.43 bits per heavy atom. The lowest BCUT2D eigenvalue weighted by Gasteiger charge is -2.08. The van der Waals surface area contributed by atoms with E-state index in [9.17, 15) is 8.42 Å². The van der Waals surface area contributed by atoms with Crippen molar-refractivity contribution in [2.75, 3.05) is 0 Å². The minimum Gasteiger partial charge on any atom is -0.342 e. The zero-order valence-corrected chi connectivity index (χ0v) is 13.0. The van der Waals surface area contributed by atoms with Crippen molar-refractivity contribution in [2.45, 2.75) is 18.4 Å². The first kappa shape index (κ1) is 14.2. The van der Waals surface area contributed by atoms with Gasteiger partial charge in [0.25, 0.3) is 9.05 Å². The van der Waals surface area contributed by atoms with Crippen LogP contribution in [0.4, 0.5) is 0 Å². The zero-order valence-electron chi connectivity index (χ0n) is 11.5. The molecular formula is C16H14ClNO2S. The fourth-order valence-electron chi connectivity index (χ4n) is 2.51. The Bertz CT molecular complexity index is 913. The minimum absolute atomic E-state index is 0.161. The molecule has 0 fully saturated rings. The van der Waals surface area contributed by atoms with Crippen LogP contribution in [0, 0.1) is 6.92 Å². The highest BCUT2D eigenvalue weighted by atomic mass is 35.7. The van der Waals surface area contributed by atoms with E-state index in [2.05, 4.69) is 0 Å². The quantitative estimate of drug-likeness (QED) is 0.686. The molecule has 0 atom stereocenters. The first-order valence-electron chi connectivity index (χ1n) is 6.54. The number of nitrogens with zero attached hydrogens (tertiary/aromatic N) is 1. The maximum atomic E-state index is 11.7. The first-order valence-corrected chi connectivity index (χ1v) is 8.85. The summed E-state index contributed by atoms with van der Waals surface area (Å²) in [6.07, 6.45) is 1.61. The Balaban J connectivity index is 2.18. The van der Waals surface area contributed by atoms with E-state index in [1.165, 1.54) is 5.56 Å². The molecule has 0 spiro atoms. The van der Waals surface area contributed by atoms with Crippen LogP contribution < -0.4 is 0 Å². The Labute approximate surface area is 128 Å². The molecule has 3 nitrogen and oxygen atoms in total. The van der Waals surface area contributed by atoms with Crippen LogP contribution in [0.1, 0.15) is 11.1 Å². The number of hydrogen-bond acceptors (Lipinski definition) is 2. The van der Waals surface area contributed by atoms with Crippen LogP contribution in [-0.4, -0.2) is 13.0 Å². The third kappa shape index (κ3) is 2.69. The molecule has 3 rings (SSSR count). The number of hydrogen-bond donors (Lipinski definition) is 0. The molecule has 108 valence electrons. The Morgan fingerprint density at radius 1 is 1.05 bits per heavy atom. The highest BCUT2D eigenvalue weighted by Gasteiger charge is 2.18. The molecule has 2 aromatic carbocycles. The second-order valence-corrected chi connectivity index (χ2v) is 7.54. The van der Waals surface area contributed by atoms with Gasteiger partial charge in [0, 0.05) is 34.3 Å². The van der Waals surface area contributed by atoms with Crippen molar-refractivity contribution in [3.05, 3.63) is 65.9 Å². The number of halogens is 1. The molecule has 1 aromatic heterocycles. The summed E-state index contributed by atoms with van der Waals surface area (Å²) in [5, 5.41) is 0.654. The van der Waals surface area contributed by atoms with Gasteiger partial charge in [0.15, 0.2) is 0 Å². The maximum absolute atomic E-state index is 11.7. The lowest BCUT2D eigenvalue weighted by molar-refractivity contribution is 0.610. The summed E-state index contributed by atoms with van der Waals surface area (Å²) in [6.45, 7) is 2.65. The van der Waals surface area contributed by atoms with Crippen LogP contribution in [0.3, 0.4) is 0 Å². The Hall–Kier alpha value is -1.78. The zero-order chi connectivity index (χ0) is 15.0. The summed E-state index contributed by atoms with van der Waals surface area (Å²) < 4.78 is 25.4. The molecule has 0 aliphatic rings. The van der Waals surface area contributed by atoms with Crippen LogP contribution in [0.25, 0.3) is 10.9 Å². The molecule has 0 unspecified atom stereocenters. The monoisotopic (exact) mass is 319 g/mol. The van der Waals surface area contributed by atoms with Crippen LogP contribution in [0.15, 0.2) is 59.6 Å². The number of fused-ring (bicyclic) bond motifs is 1. The van der Waals surface area contributed by atoms with Gasteiger partial charge in [0.2, 0.25) is 0 Å². The van der Waals surface area contributed by atoms with Crippen molar-refractivity contribution in [3.63, 3.8) is 0 Å². The van der Waals surface area contributed by atoms with E-state index in [-0.39, 0.29) is 4.90 Å². The fraction of sp³-hybridized carbons (Fsp3) is 0.125. The third-order valence-corrected chi connectivity index (χ3v) is 4.97. The SMILES string of the molecule is Cc1ccccc1Cn1cc(S(=O)(=O)Cl)c2ccccc21. The van der Waals surface area contributed by atoms with E-state index in [1.54, 1.807) is 12.3 Å². The van der Waals surface area contributed by atoms with Crippen molar-refractivity contribution >= 4 is 30.6 Å². The number of para-hydroxylation sites is 1. The molecular weight excluding hydrogens is 306 g/mol. The highest BCUT2D eigenvalue weighted by molar-refractivity contribution is 8.14. The van der Waals surface area contributed by atoms with Gasteiger partial charge in [-0.2, -0.15) is 0 Å². The standard InChI is InChI=1S/C16H14ClNO2S/c1-12-6-2-3-7-13(12)10-18-11-16(21(17,19)20)14-8-4-5-9-15(14)18/h2-9,11H,10H2,1H3. The largest absolute Gasteiger partial charge is 0.342 e. The molecule has 0 aliphatic carbocycles. The van der Waals surface area contributed by atoms with Gasteiger partial charge in [0.05, 0.1) is 0 Å². The molecule has 0 saturated carbocycles. The first-order chi connectivity index (χ1) is 9.97. The lowest BCUT2D eigenvalue weighted by Crippen LogP contribution is -1.99. The molecule has 0 N–H and O–H groups in total. The van der Waals surface area contributed by atoms with Gasteiger partial charge < -0.3 is 4.57 Å². The van der Waals surface area contributed by atoms with Crippen LogP contribution in [0.2, 0.25) is 0 Å². The molecule has 0 bridgehead atoms. The van der Waals surface area contributed by atoms with E-state index in [0.29, 0.717) is 11.9 Å². The predicted molar refractivity (Wildman–Crippen MR) is 85.3 cm³/mol. The van der Waals surface area contributed by atoms with Crippen molar-refractivity contribution < 1.29 is 8.42 Å². The van der Waals surface area contributed by atoms with Gasteiger partial charge in [-0.3, -0.25) is 0 Å². The predicted octanol–water partition coefficient (Wildman–Crippen LogP) is 3.93. The van der Waals surface area contributed by atoms with Crippen LogP contribution >= 0.6 is 10.7 Å². The molecule has 0 saturated heterocycles. The fourth-order valence-corrected chi connectivity index (χ4v) is 3.57. The van der Waals surface area contributed by atoms with Crippen LogP contribution in [0.5, 0.6) is 0 Å². The second-order valence-electron chi connectivity index (χ2n) is 5.00. The Kier molecular flexibility index (Phi) is 3.51. The van der Waals surface area contributed by atoms with E-state index in [0.717, 1.165) is 11.1 Å². The van der Waals surface area contributed by atoms with E-state index >= 15 is 0 Å². The lowest BCUT2D eigenvalue weighted by atomic mass is 10.1. The molecule has 0 aliphatic heterocycles. The number of aromatic nitrogens is 1. The molecule has 3 aromatic rings. The van der Waals surface area contributed by atoms with Gasteiger partial charge >= 0.3 is 0 Å². The van der Waals surface area contributed by atoms with Crippen molar-refractivity contribution in [3.8, 4) is 0 Å². The molecule has 1 heterocycles. The number of aryl methyl sites for hydroxylation is 1. The van der Waals surface area contributed by atoms with Crippen LogP contribution in [-0.2, 0) is 15.6 Å². The average Bonchev–Trinajstić information content (AvgIpc) is 2.81. The number of benzene rings is 2. The van der Waals surface area contributed by atoms with E-state index < -0.39 is 9.05 Å². The van der Waals surface area contributed by atoms with Crippen molar-refractivity contribution in [1.82, 2.24) is 4.57 Å². The molecule has 0 radical (unpaired) electrons. The van der Waals surface area contributed by atoms with Gasteiger partial charge in [-0.25, -0.2) is 8.42 Å². The third-order valence-electron chi connectivity index (χ3n) is 3.62. The van der Waals surface area contributed by atoms with E-state index in [1.807, 2.05) is 54.0 Å². The highest BCUT2D eigenvalue weighted by Crippen LogP contribution is 2.28. The van der Waals surface area contributed by atoms with Gasteiger partial charge in [-0.05, 0) is 24.1 Å². The maximum Gasteiger partial charge on any atom is 0.263 e. The summed E-state index contributed by atoms with van der Waals surface area (Å²) in [6, 6.07) is 15.4. The van der Waals surface area contributed by atoms with Gasteiger partial charge in [-0.1, -0.05) is 42.5 Å². The van der Waals surface area contributed by atoms with Crippen molar-refractivity contribution in [2.24, 2.45) is 0 Å². The molecule has 0 amide bonds. The summed E-state index contributed by atoms with van der Waals surface area (Å²) in [5.74, 6) is 0. The minimum atomic E-state index is -3.76. The van der Waals surface area contributed by atoms with Crippen molar-refractivity contribution in [1.29, 1.82) is 0 Å². The summed E-state index contributed by atoms with van der Waals surface area (Å²) in [7, 11) is 1.78. The average molecular weight is 320 g/mol. The Morgan fingerprint density at radius 2 is 1.71 bits per heavy atom.